The first-order valence-electron chi connectivity index (χ1n) is 10.1. The van der Waals surface area contributed by atoms with Gasteiger partial charge in [-0.25, -0.2) is 13.5 Å². The topological polar surface area (TPSA) is 65.4 Å². The smallest absolute Gasteiger partial charge is 0.249 e. The fraction of sp³-hybridized carbons (Fsp3) is 0.250. The van der Waals surface area contributed by atoms with E-state index in [9.17, 15) is 13.6 Å². The molecule has 1 amide bonds. The zero-order valence-electron chi connectivity index (χ0n) is 18.4. The Bertz CT molecular complexity index is 1140. The highest BCUT2D eigenvalue weighted by atomic mass is 19.1. The van der Waals surface area contributed by atoms with Crippen LogP contribution in [-0.2, 0) is 11.3 Å². The van der Waals surface area contributed by atoms with Crippen LogP contribution in [0.4, 0.5) is 14.6 Å². The molecule has 0 aliphatic heterocycles. The van der Waals surface area contributed by atoms with Crippen LogP contribution in [0.1, 0.15) is 30.5 Å². The number of nitrogens with one attached hydrogen (secondary N) is 1. The third kappa shape index (κ3) is 5.72. The van der Waals surface area contributed by atoms with Crippen LogP contribution in [0.25, 0.3) is 6.08 Å². The van der Waals surface area contributed by atoms with Gasteiger partial charge in [-0.15, -0.1) is 0 Å². The van der Waals surface area contributed by atoms with Crippen molar-refractivity contribution in [2.75, 3.05) is 12.4 Å². The Morgan fingerprint density at radius 2 is 1.97 bits per heavy atom. The first kappa shape index (κ1) is 23.0. The molecule has 3 rings (SSSR count). The second-order valence-corrected chi connectivity index (χ2v) is 7.47. The average molecular weight is 441 g/mol. The molecule has 0 saturated heterocycles. The summed E-state index contributed by atoms with van der Waals surface area (Å²) < 4.78 is 39.9. The van der Waals surface area contributed by atoms with Crippen LogP contribution < -0.4 is 14.8 Å². The molecule has 0 radical (unpaired) electrons. The summed E-state index contributed by atoms with van der Waals surface area (Å²) in [5.41, 5.74) is 1.58. The molecule has 6 nitrogen and oxygen atoms in total. The van der Waals surface area contributed by atoms with E-state index in [2.05, 4.69) is 10.4 Å². The molecule has 168 valence electrons. The van der Waals surface area contributed by atoms with Gasteiger partial charge < -0.3 is 14.8 Å². The summed E-state index contributed by atoms with van der Waals surface area (Å²) in [6, 6.07) is 8.59. The number of aromatic nitrogens is 2. The van der Waals surface area contributed by atoms with Crippen molar-refractivity contribution in [3.63, 3.8) is 0 Å². The van der Waals surface area contributed by atoms with Gasteiger partial charge in [-0.3, -0.25) is 4.79 Å². The van der Waals surface area contributed by atoms with Gasteiger partial charge in [0, 0.05) is 17.2 Å². The van der Waals surface area contributed by atoms with E-state index in [1.54, 1.807) is 38.4 Å². The van der Waals surface area contributed by atoms with Crippen LogP contribution in [0.5, 0.6) is 11.5 Å². The molecular weight excluding hydrogens is 416 g/mol. The van der Waals surface area contributed by atoms with Crippen molar-refractivity contribution < 1.29 is 23.0 Å². The number of hydrogen-bond acceptors (Lipinski definition) is 4. The van der Waals surface area contributed by atoms with Gasteiger partial charge in [0.15, 0.2) is 11.5 Å². The predicted octanol–water partition coefficient (Wildman–Crippen LogP) is 4.97. The lowest BCUT2D eigenvalue weighted by atomic mass is 10.2. The van der Waals surface area contributed by atoms with Gasteiger partial charge in [0.2, 0.25) is 5.91 Å². The van der Waals surface area contributed by atoms with E-state index >= 15 is 0 Å². The number of carbonyl (C=O) groups excluding carboxylic acids is 1. The number of benzene rings is 2. The van der Waals surface area contributed by atoms with E-state index in [-0.39, 0.29) is 18.2 Å². The molecule has 3 aromatic rings. The fourth-order valence-electron chi connectivity index (χ4n) is 3.06. The minimum atomic E-state index is -0.546. The van der Waals surface area contributed by atoms with Gasteiger partial charge in [-0.1, -0.05) is 6.07 Å². The third-order valence-corrected chi connectivity index (χ3v) is 4.57. The van der Waals surface area contributed by atoms with Crippen LogP contribution in [0, 0.1) is 18.6 Å². The normalized spacial score (nSPS) is 11.2. The maximum atomic E-state index is 14.0. The van der Waals surface area contributed by atoms with Gasteiger partial charge in [0.25, 0.3) is 0 Å². The van der Waals surface area contributed by atoms with Crippen LogP contribution in [-0.4, -0.2) is 28.9 Å². The first-order chi connectivity index (χ1) is 15.3. The van der Waals surface area contributed by atoms with Gasteiger partial charge in [-0.2, -0.15) is 5.10 Å². The molecule has 32 heavy (non-hydrogen) atoms. The molecule has 0 atom stereocenters. The minimum Gasteiger partial charge on any atom is -0.493 e. The zero-order chi connectivity index (χ0) is 23.3. The van der Waals surface area contributed by atoms with E-state index in [1.807, 2.05) is 19.9 Å². The number of amides is 1. The van der Waals surface area contributed by atoms with Crippen molar-refractivity contribution >= 4 is 17.8 Å². The number of halogens is 2. The van der Waals surface area contributed by atoms with Gasteiger partial charge in [0.05, 0.1) is 26.0 Å². The summed E-state index contributed by atoms with van der Waals surface area (Å²) >= 11 is 0. The molecule has 0 aliphatic carbocycles. The molecule has 0 aliphatic rings. The van der Waals surface area contributed by atoms with Crippen molar-refractivity contribution in [1.29, 1.82) is 0 Å². The standard InChI is InChI=1S/C24H25F2N3O3/c1-15(2)32-21-9-5-17(11-22(21)31-4)6-10-23(30)28-24-16(3)13-27-29(24)14-18-12-19(25)7-8-20(18)26/h5-13,15H,14H2,1-4H3,(H,28,30)/b10-6+. The molecule has 0 bridgehead atoms. The lowest BCUT2D eigenvalue weighted by Crippen LogP contribution is -2.15. The number of rotatable bonds is 8. The number of anilines is 1. The average Bonchev–Trinajstić information content (AvgIpc) is 3.08. The van der Waals surface area contributed by atoms with Crippen LogP contribution >= 0.6 is 0 Å². The quantitative estimate of drug-likeness (QED) is 0.502. The lowest BCUT2D eigenvalue weighted by Gasteiger charge is -2.13. The highest BCUT2D eigenvalue weighted by Gasteiger charge is 2.13. The number of hydrogen-bond donors (Lipinski definition) is 1. The van der Waals surface area contributed by atoms with Crippen molar-refractivity contribution in [2.24, 2.45) is 0 Å². The second-order valence-electron chi connectivity index (χ2n) is 7.47. The van der Waals surface area contributed by atoms with E-state index in [4.69, 9.17) is 9.47 Å². The van der Waals surface area contributed by atoms with Gasteiger partial charge >= 0.3 is 0 Å². The molecule has 0 saturated carbocycles. The molecule has 2 aromatic carbocycles. The van der Waals surface area contributed by atoms with Gasteiger partial charge in [0.1, 0.15) is 17.5 Å². The van der Waals surface area contributed by atoms with E-state index in [0.29, 0.717) is 22.9 Å². The van der Waals surface area contributed by atoms with Crippen molar-refractivity contribution in [2.45, 2.75) is 33.4 Å². The van der Waals surface area contributed by atoms with Gasteiger partial charge in [-0.05, 0) is 62.7 Å². The summed E-state index contributed by atoms with van der Waals surface area (Å²) in [4.78, 5) is 12.5. The molecule has 1 heterocycles. The van der Waals surface area contributed by atoms with Crippen LogP contribution in [0.15, 0.2) is 48.7 Å². The highest BCUT2D eigenvalue weighted by molar-refractivity contribution is 6.01. The first-order valence-corrected chi connectivity index (χ1v) is 10.1. The molecule has 0 spiro atoms. The van der Waals surface area contributed by atoms with Crippen molar-refractivity contribution in [3.8, 4) is 11.5 Å². The largest absolute Gasteiger partial charge is 0.493 e. The summed E-state index contributed by atoms with van der Waals surface area (Å²) in [7, 11) is 1.55. The number of carbonyl (C=O) groups is 1. The number of aryl methyl sites for hydroxylation is 1. The number of ether oxygens (including phenoxy) is 2. The van der Waals surface area contributed by atoms with E-state index in [1.165, 1.54) is 10.8 Å². The van der Waals surface area contributed by atoms with Crippen molar-refractivity contribution in [1.82, 2.24) is 9.78 Å². The Kier molecular flexibility index (Phi) is 7.25. The van der Waals surface area contributed by atoms with E-state index in [0.717, 1.165) is 23.8 Å². The number of methoxy groups -OCH3 is 1. The summed E-state index contributed by atoms with van der Waals surface area (Å²) in [6.07, 6.45) is 4.57. The molecule has 1 N–H and O–H groups in total. The summed E-state index contributed by atoms with van der Waals surface area (Å²) in [5.74, 6) is 0.104. The Hall–Kier alpha value is -3.68. The molecule has 8 heteroatoms. The maximum absolute atomic E-state index is 14.0. The lowest BCUT2D eigenvalue weighted by molar-refractivity contribution is -0.111. The van der Waals surface area contributed by atoms with Crippen molar-refractivity contribution in [3.05, 3.63) is 77.0 Å². The Labute approximate surface area is 185 Å². The SMILES string of the molecule is COc1cc(/C=C/C(=O)Nc2c(C)cnn2Cc2cc(F)ccc2F)ccc1OC(C)C. The molecule has 0 fully saturated rings. The molecule has 1 aromatic heterocycles. The maximum Gasteiger partial charge on any atom is 0.249 e. The Balaban J connectivity index is 1.73. The zero-order valence-corrected chi connectivity index (χ0v) is 18.4. The highest BCUT2D eigenvalue weighted by Crippen LogP contribution is 2.29. The fourth-order valence-corrected chi connectivity index (χ4v) is 3.06. The third-order valence-electron chi connectivity index (χ3n) is 4.57. The van der Waals surface area contributed by atoms with Crippen LogP contribution in [0.3, 0.4) is 0 Å². The van der Waals surface area contributed by atoms with Crippen LogP contribution in [0.2, 0.25) is 0 Å². The monoisotopic (exact) mass is 441 g/mol. The summed E-state index contributed by atoms with van der Waals surface area (Å²) in [5, 5.41) is 6.92. The number of nitrogens with zero attached hydrogens (tertiary/aromatic N) is 2. The molecular formula is C24H25F2N3O3. The van der Waals surface area contributed by atoms with E-state index < -0.39 is 17.5 Å². The summed E-state index contributed by atoms with van der Waals surface area (Å²) in [6.45, 7) is 5.59. The Morgan fingerprint density at radius 1 is 1.19 bits per heavy atom. The Morgan fingerprint density at radius 3 is 2.69 bits per heavy atom. The predicted molar refractivity (Wildman–Crippen MR) is 119 cm³/mol. The second kappa shape index (κ2) is 10.1. The minimum absolute atomic E-state index is 0.00464. The molecule has 0 unspecified atom stereocenters.